The van der Waals surface area contributed by atoms with E-state index >= 15 is 0 Å². The lowest BCUT2D eigenvalue weighted by Crippen LogP contribution is -2.30. The van der Waals surface area contributed by atoms with Crippen molar-refractivity contribution >= 4 is 0 Å². The summed E-state index contributed by atoms with van der Waals surface area (Å²) in [5.41, 5.74) is 1.87. The summed E-state index contributed by atoms with van der Waals surface area (Å²) < 4.78 is 14.2. The predicted molar refractivity (Wildman–Crippen MR) is 81.9 cm³/mol. The molecular weight excluding hydrogens is 263 g/mol. The molecule has 2 rings (SSSR count). The van der Waals surface area contributed by atoms with Crippen LogP contribution in [0.25, 0.3) is 0 Å². The predicted octanol–water partition coefficient (Wildman–Crippen LogP) is 4.11. The molecule has 2 aromatic rings. The fourth-order valence-electron chi connectivity index (χ4n) is 2.25. The standard InChI is InChI=1S/C18H19FN2/c1-14(2)21(12-15-7-4-3-5-8-15)13-17-10-6-9-16(11-20)18(17)19/h3-10,14H,12-13H2,1-2H3. The summed E-state index contributed by atoms with van der Waals surface area (Å²) in [4.78, 5) is 2.19. The van der Waals surface area contributed by atoms with E-state index in [2.05, 4.69) is 30.9 Å². The zero-order valence-electron chi connectivity index (χ0n) is 12.4. The van der Waals surface area contributed by atoms with Crippen LogP contribution in [0.2, 0.25) is 0 Å². The van der Waals surface area contributed by atoms with Crippen molar-refractivity contribution in [1.29, 1.82) is 5.26 Å². The molecule has 0 unspecified atom stereocenters. The Kier molecular flexibility index (Phi) is 5.08. The van der Waals surface area contributed by atoms with Crippen molar-refractivity contribution < 1.29 is 4.39 Å². The number of benzene rings is 2. The maximum Gasteiger partial charge on any atom is 0.145 e. The molecule has 108 valence electrons. The van der Waals surface area contributed by atoms with Crippen molar-refractivity contribution in [2.45, 2.75) is 33.0 Å². The van der Waals surface area contributed by atoms with Gasteiger partial charge in [0.25, 0.3) is 0 Å². The maximum absolute atomic E-state index is 14.2. The highest BCUT2D eigenvalue weighted by molar-refractivity contribution is 5.35. The van der Waals surface area contributed by atoms with E-state index in [1.54, 1.807) is 12.1 Å². The van der Waals surface area contributed by atoms with Crippen LogP contribution in [0.4, 0.5) is 4.39 Å². The van der Waals surface area contributed by atoms with Gasteiger partial charge in [0.05, 0.1) is 5.56 Å². The van der Waals surface area contributed by atoms with Crippen LogP contribution in [-0.4, -0.2) is 10.9 Å². The molecule has 2 aromatic carbocycles. The molecule has 21 heavy (non-hydrogen) atoms. The topological polar surface area (TPSA) is 27.0 Å². The van der Waals surface area contributed by atoms with Crippen molar-refractivity contribution in [3.05, 3.63) is 71.0 Å². The van der Waals surface area contributed by atoms with Crippen LogP contribution in [0.3, 0.4) is 0 Å². The maximum atomic E-state index is 14.2. The lowest BCUT2D eigenvalue weighted by Gasteiger charge is -2.27. The van der Waals surface area contributed by atoms with Crippen molar-refractivity contribution in [1.82, 2.24) is 4.90 Å². The van der Waals surface area contributed by atoms with E-state index in [0.717, 1.165) is 6.54 Å². The molecule has 0 N–H and O–H groups in total. The molecule has 0 fully saturated rings. The van der Waals surface area contributed by atoms with Crippen LogP contribution in [0.15, 0.2) is 48.5 Å². The molecule has 2 nitrogen and oxygen atoms in total. The summed E-state index contributed by atoms with van der Waals surface area (Å²) in [5.74, 6) is -0.404. The molecular formula is C18H19FN2. The second-order valence-electron chi connectivity index (χ2n) is 5.37. The molecule has 0 bridgehead atoms. The molecule has 0 radical (unpaired) electrons. The zero-order valence-corrected chi connectivity index (χ0v) is 12.4. The third-order valence-electron chi connectivity index (χ3n) is 3.53. The summed E-state index contributed by atoms with van der Waals surface area (Å²) in [5, 5.41) is 8.92. The molecule has 0 aliphatic carbocycles. The minimum absolute atomic E-state index is 0.107. The average Bonchev–Trinajstić information content (AvgIpc) is 2.49. The van der Waals surface area contributed by atoms with Crippen molar-refractivity contribution in [3.63, 3.8) is 0 Å². The van der Waals surface area contributed by atoms with Gasteiger partial charge in [-0.25, -0.2) is 4.39 Å². The summed E-state index contributed by atoms with van der Waals surface area (Å²) in [7, 11) is 0. The van der Waals surface area contributed by atoms with Gasteiger partial charge in [-0.05, 0) is 25.5 Å². The molecule has 0 saturated carbocycles. The van der Waals surface area contributed by atoms with E-state index in [0.29, 0.717) is 12.1 Å². The summed E-state index contributed by atoms with van der Waals surface area (Å²) in [6.45, 7) is 5.44. The Morgan fingerprint density at radius 2 is 1.76 bits per heavy atom. The highest BCUT2D eigenvalue weighted by atomic mass is 19.1. The Bertz CT molecular complexity index is 629. The third kappa shape index (κ3) is 3.90. The molecule has 3 heteroatoms. The van der Waals surface area contributed by atoms with E-state index in [1.807, 2.05) is 24.3 Å². The Labute approximate surface area is 125 Å². The van der Waals surface area contributed by atoms with E-state index < -0.39 is 5.82 Å². The fourth-order valence-corrected chi connectivity index (χ4v) is 2.25. The van der Waals surface area contributed by atoms with E-state index in [1.165, 1.54) is 11.6 Å². The first-order chi connectivity index (χ1) is 10.1. The lowest BCUT2D eigenvalue weighted by atomic mass is 10.1. The number of hydrogen-bond acceptors (Lipinski definition) is 2. The lowest BCUT2D eigenvalue weighted by molar-refractivity contribution is 0.201. The van der Waals surface area contributed by atoms with Gasteiger partial charge in [-0.3, -0.25) is 4.90 Å². The first-order valence-corrected chi connectivity index (χ1v) is 7.07. The Morgan fingerprint density at radius 1 is 1.05 bits per heavy atom. The first kappa shape index (κ1) is 15.2. The molecule has 0 saturated heterocycles. The minimum atomic E-state index is -0.404. The molecule has 0 heterocycles. The van der Waals surface area contributed by atoms with Crippen LogP contribution >= 0.6 is 0 Å². The van der Waals surface area contributed by atoms with Crippen molar-refractivity contribution in [2.24, 2.45) is 0 Å². The number of nitrogens with zero attached hydrogens (tertiary/aromatic N) is 2. The van der Waals surface area contributed by atoms with Gasteiger partial charge >= 0.3 is 0 Å². The second-order valence-corrected chi connectivity index (χ2v) is 5.37. The van der Waals surface area contributed by atoms with Gasteiger partial charge in [-0.1, -0.05) is 42.5 Å². The Hall–Kier alpha value is -2.18. The Morgan fingerprint density at radius 3 is 2.38 bits per heavy atom. The van der Waals surface area contributed by atoms with Crippen LogP contribution in [-0.2, 0) is 13.1 Å². The van der Waals surface area contributed by atoms with Gasteiger partial charge in [0.2, 0.25) is 0 Å². The van der Waals surface area contributed by atoms with Gasteiger partial charge in [0, 0.05) is 24.7 Å². The largest absolute Gasteiger partial charge is 0.292 e. The van der Waals surface area contributed by atoms with Gasteiger partial charge in [-0.2, -0.15) is 5.26 Å². The summed E-state index contributed by atoms with van der Waals surface area (Å²) >= 11 is 0. The quantitative estimate of drug-likeness (QED) is 0.825. The third-order valence-corrected chi connectivity index (χ3v) is 3.53. The Balaban J connectivity index is 2.20. The summed E-state index contributed by atoms with van der Waals surface area (Å²) in [6, 6.07) is 17.3. The van der Waals surface area contributed by atoms with Crippen LogP contribution in [0, 0.1) is 17.1 Å². The van der Waals surface area contributed by atoms with Crippen LogP contribution < -0.4 is 0 Å². The number of halogens is 1. The van der Waals surface area contributed by atoms with E-state index in [4.69, 9.17) is 5.26 Å². The van der Waals surface area contributed by atoms with Gasteiger partial charge in [0.15, 0.2) is 0 Å². The molecule has 0 atom stereocenters. The first-order valence-electron chi connectivity index (χ1n) is 7.07. The number of nitriles is 1. The SMILES string of the molecule is CC(C)N(Cc1ccccc1)Cc1cccc(C#N)c1F. The van der Waals surface area contributed by atoms with Crippen molar-refractivity contribution in [2.75, 3.05) is 0 Å². The van der Waals surface area contributed by atoms with E-state index in [9.17, 15) is 4.39 Å². The molecule has 0 aromatic heterocycles. The highest BCUT2D eigenvalue weighted by Crippen LogP contribution is 2.17. The van der Waals surface area contributed by atoms with Crippen LogP contribution in [0.5, 0.6) is 0 Å². The number of hydrogen-bond donors (Lipinski definition) is 0. The van der Waals surface area contributed by atoms with Gasteiger partial charge in [0.1, 0.15) is 11.9 Å². The van der Waals surface area contributed by atoms with Gasteiger partial charge in [-0.15, -0.1) is 0 Å². The second kappa shape index (κ2) is 7.01. The average molecular weight is 282 g/mol. The normalized spacial score (nSPS) is 10.9. The van der Waals surface area contributed by atoms with Crippen LogP contribution in [0.1, 0.15) is 30.5 Å². The smallest absolute Gasteiger partial charge is 0.145 e. The summed E-state index contributed by atoms with van der Waals surface area (Å²) in [6.07, 6.45) is 0. The monoisotopic (exact) mass is 282 g/mol. The number of rotatable bonds is 5. The molecule has 0 spiro atoms. The molecule has 0 aliphatic rings. The van der Waals surface area contributed by atoms with Crippen molar-refractivity contribution in [3.8, 4) is 6.07 Å². The fraction of sp³-hybridized carbons (Fsp3) is 0.278. The molecule has 0 amide bonds. The molecule has 0 aliphatic heterocycles. The zero-order chi connectivity index (χ0) is 15.2. The highest BCUT2D eigenvalue weighted by Gasteiger charge is 2.15. The minimum Gasteiger partial charge on any atom is -0.292 e. The van der Waals surface area contributed by atoms with E-state index in [-0.39, 0.29) is 11.6 Å². The van der Waals surface area contributed by atoms with Gasteiger partial charge < -0.3 is 0 Å².